The Kier molecular flexibility index (Phi) is 5.12. The van der Waals surface area contributed by atoms with Gasteiger partial charge in [-0.3, -0.25) is 10.1 Å². The van der Waals surface area contributed by atoms with E-state index >= 15 is 0 Å². The molecular formula is C13H15NO7. The third-order valence-corrected chi connectivity index (χ3v) is 2.83. The molecule has 1 aromatic carbocycles. The third kappa shape index (κ3) is 3.22. The zero-order valence-electron chi connectivity index (χ0n) is 12.0. The summed E-state index contributed by atoms with van der Waals surface area (Å²) in [5, 5.41) is 19.9. The van der Waals surface area contributed by atoms with Crippen molar-refractivity contribution >= 4 is 11.5 Å². The van der Waals surface area contributed by atoms with E-state index in [1.165, 1.54) is 40.4 Å². The van der Waals surface area contributed by atoms with Crippen LogP contribution in [-0.4, -0.2) is 37.3 Å². The number of ether oxygens (including phenoxy) is 3. The highest BCUT2D eigenvalue weighted by atomic mass is 16.6. The topological polar surface area (TPSA) is 108 Å². The minimum absolute atomic E-state index is 0.0798. The second-order valence-corrected chi connectivity index (χ2v) is 3.94. The van der Waals surface area contributed by atoms with Crippen LogP contribution in [0.3, 0.4) is 0 Å². The predicted octanol–water partition coefficient (Wildman–Crippen LogP) is 1.80. The van der Waals surface area contributed by atoms with Crippen LogP contribution < -0.4 is 14.2 Å². The molecule has 8 nitrogen and oxygen atoms in total. The zero-order chi connectivity index (χ0) is 16.2. The highest BCUT2D eigenvalue weighted by Crippen LogP contribution is 2.39. The highest BCUT2D eigenvalue weighted by Gasteiger charge is 2.29. The Morgan fingerprint density at radius 2 is 1.62 bits per heavy atom. The van der Waals surface area contributed by atoms with Crippen LogP contribution in [0.25, 0.3) is 5.57 Å². The van der Waals surface area contributed by atoms with Crippen molar-refractivity contribution in [3.63, 3.8) is 0 Å². The van der Waals surface area contributed by atoms with Crippen molar-refractivity contribution in [3.05, 3.63) is 33.5 Å². The Labute approximate surface area is 120 Å². The van der Waals surface area contributed by atoms with Gasteiger partial charge in [-0.2, -0.15) is 0 Å². The maximum absolute atomic E-state index is 11.1. The fourth-order valence-corrected chi connectivity index (χ4v) is 1.87. The maximum atomic E-state index is 11.1. The Balaban J connectivity index is 3.71. The standard InChI is InChI=1S/C13H15NO7/c1-7(12(13(15)16)14(17)18)11-9(20-3)5-8(19-2)6-10(11)21-4/h5-6H,1-4H3,(H,15,16). The van der Waals surface area contributed by atoms with Gasteiger partial charge in [-0.05, 0) is 6.92 Å². The average molecular weight is 297 g/mol. The molecule has 114 valence electrons. The average Bonchev–Trinajstić information content (AvgIpc) is 2.44. The van der Waals surface area contributed by atoms with E-state index in [1.54, 1.807) is 0 Å². The normalized spacial score (nSPS) is 11.4. The lowest BCUT2D eigenvalue weighted by atomic mass is 10.0. The van der Waals surface area contributed by atoms with Gasteiger partial charge in [0, 0.05) is 17.7 Å². The molecule has 0 unspecified atom stereocenters. The first-order valence-electron chi connectivity index (χ1n) is 5.76. The van der Waals surface area contributed by atoms with Gasteiger partial charge in [-0.15, -0.1) is 0 Å². The lowest BCUT2D eigenvalue weighted by Gasteiger charge is -2.15. The van der Waals surface area contributed by atoms with Crippen LogP contribution in [0.15, 0.2) is 17.8 Å². The van der Waals surface area contributed by atoms with Crippen LogP contribution >= 0.6 is 0 Å². The zero-order valence-corrected chi connectivity index (χ0v) is 12.0. The van der Waals surface area contributed by atoms with Crippen molar-refractivity contribution in [1.82, 2.24) is 0 Å². The molecule has 0 bridgehead atoms. The molecule has 0 spiro atoms. The molecule has 0 aliphatic rings. The van der Waals surface area contributed by atoms with Crippen molar-refractivity contribution < 1.29 is 29.0 Å². The second kappa shape index (κ2) is 6.60. The number of carboxylic acid groups (broad SMARTS) is 1. The van der Waals surface area contributed by atoms with Crippen LogP contribution in [0.2, 0.25) is 0 Å². The van der Waals surface area contributed by atoms with E-state index in [4.69, 9.17) is 19.3 Å². The maximum Gasteiger partial charge on any atom is 0.407 e. The minimum atomic E-state index is -1.64. The first kappa shape index (κ1) is 16.3. The molecule has 0 aliphatic carbocycles. The number of aliphatic carboxylic acids is 1. The summed E-state index contributed by atoms with van der Waals surface area (Å²) in [4.78, 5) is 21.1. The summed E-state index contributed by atoms with van der Waals surface area (Å²) in [6.45, 7) is 1.32. The molecule has 0 aromatic heterocycles. The fraction of sp³-hybridized carbons (Fsp3) is 0.308. The van der Waals surface area contributed by atoms with Crippen molar-refractivity contribution in [2.75, 3.05) is 21.3 Å². The molecule has 0 fully saturated rings. The fourth-order valence-electron chi connectivity index (χ4n) is 1.87. The molecule has 8 heteroatoms. The SMILES string of the molecule is COc1cc(OC)c(C(C)=C(C(=O)O)[N+](=O)[O-])c(OC)c1. The van der Waals surface area contributed by atoms with Gasteiger partial charge in [0.15, 0.2) is 0 Å². The van der Waals surface area contributed by atoms with E-state index in [1.807, 2.05) is 0 Å². The number of nitro groups is 1. The molecule has 0 heterocycles. The number of hydrogen-bond acceptors (Lipinski definition) is 6. The second-order valence-electron chi connectivity index (χ2n) is 3.94. The van der Waals surface area contributed by atoms with Crippen molar-refractivity contribution in [2.24, 2.45) is 0 Å². The van der Waals surface area contributed by atoms with E-state index in [0.29, 0.717) is 5.75 Å². The van der Waals surface area contributed by atoms with Crippen LogP contribution in [0.5, 0.6) is 17.2 Å². The summed E-state index contributed by atoms with van der Waals surface area (Å²) in [6.07, 6.45) is 0. The summed E-state index contributed by atoms with van der Waals surface area (Å²) in [6, 6.07) is 2.97. The predicted molar refractivity (Wildman–Crippen MR) is 73.3 cm³/mol. The third-order valence-electron chi connectivity index (χ3n) is 2.83. The lowest BCUT2D eigenvalue weighted by Crippen LogP contribution is -2.13. The number of benzene rings is 1. The summed E-state index contributed by atoms with van der Waals surface area (Å²) >= 11 is 0. The quantitative estimate of drug-likeness (QED) is 0.484. The van der Waals surface area contributed by atoms with Crippen molar-refractivity contribution in [1.29, 1.82) is 0 Å². The molecule has 1 N–H and O–H groups in total. The monoisotopic (exact) mass is 297 g/mol. The molecule has 0 amide bonds. The van der Waals surface area contributed by atoms with Gasteiger partial charge in [0.2, 0.25) is 0 Å². The molecule has 0 radical (unpaired) electrons. The van der Waals surface area contributed by atoms with Gasteiger partial charge in [0.05, 0.1) is 31.8 Å². The van der Waals surface area contributed by atoms with Crippen molar-refractivity contribution in [3.8, 4) is 17.2 Å². The van der Waals surface area contributed by atoms with Gasteiger partial charge in [0.25, 0.3) is 0 Å². The Hall–Kier alpha value is -2.77. The highest BCUT2D eigenvalue weighted by molar-refractivity contribution is 5.95. The summed E-state index contributed by atoms with van der Waals surface area (Å²) in [7, 11) is 4.16. The number of allylic oxidation sites excluding steroid dienone is 1. The minimum Gasteiger partial charge on any atom is -0.496 e. The van der Waals surface area contributed by atoms with Gasteiger partial charge in [0.1, 0.15) is 17.2 Å². The van der Waals surface area contributed by atoms with Gasteiger partial charge in [-0.1, -0.05) is 0 Å². The number of methoxy groups -OCH3 is 3. The number of carbonyl (C=O) groups is 1. The van der Waals surface area contributed by atoms with E-state index in [2.05, 4.69) is 0 Å². The molecule has 0 aliphatic heterocycles. The first-order valence-corrected chi connectivity index (χ1v) is 5.76. The van der Waals surface area contributed by atoms with Crippen LogP contribution in [-0.2, 0) is 4.79 Å². The summed E-state index contributed by atoms with van der Waals surface area (Å²) in [5.74, 6) is -0.802. The van der Waals surface area contributed by atoms with Crippen LogP contribution in [0.1, 0.15) is 12.5 Å². The van der Waals surface area contributed by atoms with Crippen LogP contribution in [0.4, 0.5) is 0 Å². The number of nitrogens with zero attached hydrogens (tertiary/aromatic N) is 1. The van der Waals surface area contributed by atoms with Crippen LogP contribution in [0, 0.1) is 10.1 Å². The number of rotatable bonds is 6. The van der Waals surface area contributed by atoms with Gasteiger partial charge < -0.3 is 19.3 Å². The van der Waals surface area contributed by atoms with Crippen molar-refractivity contribution in [2.45, 2.75) is 6.92 Å². The molecule has 1 rings (SSSR count). The van der Waals surface area contributed by atoms with Gasteiger partial charge in [-0.25, -0.2) is 4.79 Å². The van der Waals surface area contributed by atoms with E-state index in [-0.39, 0.29) is 22.6 Å². The van der Waals surface area contributed by atoms with Gasteiger partial charge >= 0.3 is 11.7 Å². The first-order chi connectivity index (χ1) is 9.87. The Morgan fingerprint density at radius 3 is 1.90 bits per heavy atom. The molecule has 1 aromatic rings. The largest absolute Gasteiger partial charge is 0.496 e. The molecular weight excluding hydrogens is 282 g/mol. The Bertz CT molecular complexity index is 566. The molecule has 21 heavy (non-hydrogen) atoms. The number of hydrogen-bond donors (Lipinski definition) is 1. The van der Waals surface area contributed by atoms with E-state index in [9.17, 15) is 14.9 Å². The van der Waals surface area contributed by atoms with E-state index < -0.39 is 16.6 Å². The molecule has 0 atom stereocenters. The number of carboxylic acids is 1. The summed E-state index contributed by atoms with van der Waals surface area (Å²) in [5.41, 5.74) is -0.837. The van der Waals surface area contributed by atoms with E-state index in [0.717, 1.165) is 0 Å². The molecule has 0 saturated carbocycles. The lowest BCUT2D eigenvalue weighted by molar-refractivity contribution is -0.420. The summed E-state index contributed by atoms with van der Waals surface area (Å²) < 4.78 is 15.4. The molecule has 0 saturated heterocycles. The smallest absolute Gasteiger partial charge is 0.407 e. The Morgan fingerprint density at radius 1 is 1.14 bits per heavy atom.